The van der Waals surface area contributed by atoms with Gasteiger partial charge in [0.25, 0.3) is 0 Å². The molecule has 0 spiro atoms. The van der Waals surface area contributed by atoms with Gasteiger partial charge in [0.1, 0.15) is 6.04 Å². The number of hydrogen-bond donors (Lipinski definition) is 1. The summed E-state index contributed by atoms with van der Waals surface area (Å²) in [5.41, 5.74) is 1.70. The Kier molecular flexibility index (Phi) is 9.47. The maximum Gasteiger partial charge on any atom is 0.242 e. The number of unbranched alkanes of at least 4 members (excludes halogenated alkanes) is 1. The minimum Gasteiger partial charge on any atom is -0.354 e. The van der Waals surface area contributed by atoms with Gasteiger partial charge < -0.3 is 10.2 Å². The van der Waals surface area contributed by atoms with E-state index in [9.17, 15) is 9.59 Å². The van der Waals surface area contributed by atoms with E-state index in [0.717, 1.165) is 28.4 Å². The normalized spacial score (nSPS) is 11.8. The highest BCUT2D eigenvalue weighted by Gasteiger charge is 2.26. The summed E-state index contributed by atoms with van der Waals surface area (Å²) in [4.78, 5) is 27.3. The smallest absolute Gasteiger partial charge is 0.242 e. The summed E-state index contributed by atoms with van der Waals surface area (Å²) in [6, 6.07) is 12.3. The molecule has 0 aliphatic heterocycles. The highest BCUT2D eigenvalue weighted by atomic mass is 79.9. The highest BCUT2D eigenvalue weighted by molar-refractivity contribution is 9.10. The molecule has 1 atom stereocenters. The molecule has 2 aromatic rings. The van der Waals surface area contributed by atoms with E-state index in [0.29, 0.717) is 23.1 Å². The fourth-order valence-corrected chi connectivity index (χ4v) is 3.42. The number of nitrogens with one attached hydrogen (secondary N) is 1. The number of halogens is 3. The lowest BCUT2D eigenvalue weighted by Gasteiger charge is -2.29. The van der Waals surface area contributed by atoms with Crippen molar-refractivity contribution in [2.45, 2.75) is 45.7 Å². The number of rotatable bonds is 9. The van der Waals surface area contributed by atoms with Crippen LogP contribution in [0.5, 0.6) is 0 Å². The number of carbonyl (C=O) groups is 2. The van der Waals surface area contributed by atoms with Crippen LogP contribution in [-0.2, 0) is 22.6 Å². The highest BCUT2D eigenvalue weighted by Crippen LogP contribution is 2.23. The molecule has 1 N–H and O–H groups in total. The average molecular weight is 500 g/mol. The largest absolute Gasteiger partial charge is 0.354 e. The van der Waals surface area contributed by atoms with Crippen LogP contribution in [0.25, 0.3) is 0 Å². The quantitative estimate of drug-likeness (QED) is 0.454. The second-order valence-corrected chi connectivity index (χ2v) is 8.62. The Labute approximate surface area is 190 Å². The van der Waals surface area contributed by atoms with Crippen LogP contribution in [-0.4, -0.2) is 29.3 Å². The molecule has 0 fully saturated rings. The van der Waals surface area contributed by atoms with Crippen LogP contribution in [0.1, 0.15) is 37.8 Å². The maximum atomic E-state index is 13.1. The van der Waals surface area contributed by atoms with E-state index in [1.165, 1.54) is 0 Å². The number of amides is 2. The molecule has 0 bridgehead atoms. The van der Waals surface area contributed by atoms with E-state index < -0.39 is 6.04 Å². The van der Waals surface area contributed by atoms with E-state index in [4.69, 9.17) is 23.2 Å². The Morgan fingerprint density at radius 2 is 1.72 bits per heavy atom. The second-order valence-electron chi connectivity index (χ2n) is 6.89. The molecule has 0 aliphatic carbocycles. The first-order valence-electron chi connectivity index (χ1n) is 9.57. The molecule has 0 aromatic heterocycles. The van der Waals surface area contributed by atoms with Gasteiger partial charge in [0.2, 0.25) is 11.8 Å². The van der Waals surface area contributed by atoms with E-state index in [-0.39, 0.29) is 18.2 Å². The van der Waals surface area contributed by atoms with Crippen molar-refractivity contribution in [1.82, 2.24) is 10.2 Å². The summed E-state index contributed by atoms with van der Waals surface area (Å²) in [6.45, 7) is 4.77. The SMILES string of the molecule is CCCCNC(=O)[C@@H](C)N(Cc1ccc(Br)cc1)C(=O)Cc1ccc(Cl)c(Cl)c1. The van der Waals surface area contributed by atoms with Crippen LogP contribution < -0.4 is 5.32 Å². The molecular weight excluding hydrogens is 475 g/mol. The van der Waals surface area contributed by atoms with E-state index >= 15 is 0 Å². The summed E-state index contributed by atoms with van der Waals surface area (Å²) in [6.07, 6.45) is 2.04. The topological polar surface area (TPSA) is 49.4 Å². The van der Waals surface area contributed by atoms with E-state index in [2.05, 4.69) is 28.2 Å². The fourth-order valence-electron chi connectivity index (χ4n) is 2.83. The summed E-state index contributed by atoms with van der Waals surface area (Å²) in [5, 5.41) is 3.76. The van der Waals surface area contributed by atoms with Gasteiger partial charge in [-0.1, -0.05) is 70.7 Å². The van der Waals surface area contributed by atoms with Gasteiger partial charge in [0, 0.05) is 17.6 Å². The zero-order chi connectivity index (χ0) is 21.4. The zero-order valence-electron chi connectivity index (χ0n) is 16.6. The molecule has 2 amide bonds. The third-order valence-corrected chi connectivity index (χ3v) is 5.87. The molecule has 29 heavy (non-hydrogen) atoms. The van der Waals surface area contributed by atoms with Crippen molar-refractivity contribution in [1.29, 1.82) is 0 Å². The molecule has 4 nitrogen and oxygen atoms in total. The van der Waals surface area contributed by atoms with Crippen molar-refractivity contribution >= 4 is 50.9 Å². The lowest BCUT2D eigenvalue weighted by atomic mass is 10.1. The first kappa shape index (κ1) is 23.7. The predicted molar refractivity (Wildman–Crippen MR) is 122 cm³/mol. The van der Waals surface area contributed by atoms with E-state index in [1.54, 1.807) is 30.0 Å². The van der Waals surface area contributed by atoms with Gasteiger partial charge in [-0.25, -0.2) is 0 Å². The van der Waals surface area contributed by atoms with Crippen molar-refractivity contribution in [2.75, 3.05) is 6.54 Å². The van der Waals surface area contributed by atoms with Crippen molar-refractivity contribution in [3.63, 3.8) is 0 Å². The molecule has 0 unspecified atom stereocenters. The first-order chi connectivity index (χ1) is 13.8. The summed E-state index contributed by atoms with van der Waals surface area (Å²) >= 11 is 15.5. The average Bonchev–Trinajstić information content (AvgIpc) is 2.69. The Bertz CT molecular complexity index is 843. The van der Waals surface area contributed by atoms with Crippen LogP contribution in [0.15, 0.2) is 46.9 Å². The Morgan fingerprint density at radius 1 is 1.07 bits per heavy atom. The Balaban J connectivity index is 2.19. The van der Waals surface area contributed by atoms with Gasteiger partial charge in [0.15, 0.2) is 0 Å². The fraction of sp³-hybridized carbons (Fsp3) is 0.364. The third-order valence-electron chi connectivity index (χ3n) is 4.60. The monoisotopic (exact) mass is 498 g/mol. The first-order valence-corrected chi connectivity index (χ1v) is 11.1. The van der Waals surface area contributed by atoms with Crippen molar-refractivity contribution in [2.24, 2.45) is 0 Å². The molecule has 156 valence electrons. The third kappa shape index (κ3) is 7.32. The summed E-state index contributed by atoms with van der Waals surface area (Å²) in [7, 11) is 0. The van der Waals surface area contributed by atoms with Gasteiger partial charge in [0.05, 0.1) is 16.5 Å². The lowest BCUT2D eigenvalue weighted by Crippen LogP contribution is -2.48. The Morgan fingerprint density at radius 3 is 2.34 bits per heavy atom. The van der Waals surface area contributed by atoms with Crippen LogP contribution >= 0.6 is 39.1 Å². The molecule has 7 heteroatoms. The molecule has 2 rings (SSSR count). The number of carbonyl (C=O) groups excluding carboxylic acids is 2. The molecular formula is C22H25BrCl2N2O2. The van der Waals surface area contributed by atoms with Crippen molar-refractivity contribution in [3.05, 3.63) is 68.1 Å². The number of nitrogens with zero attached hydrogens (tertiary/aromatic N) is 1. The van der Waals surface area contributed by atoms with Gasteiger partial charge in [-0.2, -0.15) is 0 Å². The second kappa shape index (κ2) is 11.6. The minimum atomic E-state index is -0.592. The van der Waals surface area contributed by atoms with Crippen LogP contribution in [0.4, 0.5) is 0 Å². The van der Waals surface area contributed by atoms with Crippen LogP contribution in [0.2, 0.25) is 10.0 Å². The molecule has 0 aliphatic rings. The van der Waals surface area contributed by atoms with Crippen molar-refractivity contribution in [3.8, 4) is 0 Å². The summed E-state index contributed by atoms with van der Waals surface area (Å²) < 4.78 is 0.959. The summed E-state index contributed by atoms with van der Waals surface area (Å²) in [5.74, 6) is -0.303. The van der Waals surface area contributed by atoms with Crippen LogP contribution in [0.3, 0.4) is 0 Å². The number of hydrogen-bond acceptors (Lipinski definition) is 2. The zero-order valence-corrected chi connectivity index (χ0v) is 19.6. The standard InChI is InChI=1S/C22H25BrCl2N2O2/c1-3-4-11-26-22(29)15(2)27(14-16-5-8-18(23)9-6-16)21(28)13-17-7-10-19(24)20(25)12-17/h5-10,12,15H,3-4,11,13-14H2,1-2H3,(H,26,29)/t15-/m1/s1. The van der Waals surface area contributed by atoms with E-state index in [1.807, 2.05) is 24.3 Å². The molecule has 2 aromatic carbocycles. The van der Waals surface area contributed by atoms with Crippen LogP contribution in [0, 0.1) is 0 Å². The van der Waals surface area contributed by atoms with Crippen molar-refractivity contribution < 1.29 is 9.59 Å². The lowest BCUT2D eigenvalue weighted by molar-refractivity contribution is -0.140. The minimum absolute atomic E-state index is 0.139. The van der Waals surface area contributed by atoms with Gasteiger partial charge >= 0.3 is 0 Å². The molecule has 0 saturated carbocycles. The Hall–Kier alpha value is -1.56. The number of benzene rings is 2. The molecule has 0 radical (unpaired) electrons. The maximum absolute atomic E-state index is 13.1. The van der Waals surface area contributed by atoms with Gasteiger partial charge in [-0.15, -0.1) is 0 Å². The van der Waals surface area contributed by atoms with Gasteiger partial charge in [-0.05, 0) is 48.7 Å². The van der Waals surface area contributed by atoms with Gasteiger partial charge in [-0.3, -0.25) is 9.59 Å². The predicted octanol–water partition coefficient (Wildman–Crippen LogP) is 5.63. The molecule has 0 saturated heterocycles. The molecule has 0 heterocycles.